The van der Waals surface area contributed by atoms with Crippen LogP contribution in [0.25, 0.3) is 12.2 Å². The Kier molecular flexibility index (Phi) is 5.30. The lowest BCUT2D eigenvalue weighted by Gasteiger charge is -2.12. The molecule has 0 radical (unpaired) electrons. The molecule has 0 saturated heterocycles. The topological polar surface area (TPSA) is 67.1 Å². The average Bonchev–Trinajstić information content (AvgIpc) is 2.58. The Bertz CT molecular complexity index is 735. The van der Waals surface area contributed by atoms with Gasteiger partial charge in [-0.15, -0.1) is 0 Å². The van der Waals surface area contributed by atoms with Crippen molar-refractivity contribution in [3.05, 3.63) is 46.0 Å². The highest BCUT2D eigenvalue weighted by Crippen LogP contribution is 2.38. The van der Waals surface area contributed by atoms with Crippen molar-refractivity contribution in [1.29, 1.82) is 0 Å². The second-order valence-corrected chi connectivity index (χ2v) is 4.51. The molecule has 0 spiro atoms. The molecule has 1 heterocycles. The largest absolute Gasteiger partial charge is 0.496 e. The molecule has 0 amide bonds. The van der Waals surface area contributed by atoms with Gasteiger partial charge in [-0.05, 0) is 23.8 Å². The van der Waals surface area contributed by atoms with Crippen LogP contribution in [-0.2, 0) is 0 Å². The minimum Gasteiger partial charge on any atom is -0.496 e. The highest BCUT2D eigenvalue weighted by Gasteiger charge is 2.12. The van der Waals surface area contributed by atoms with Crippen LogP contribution in [0.1, 0.15) is 11.3 Å². The molecule has 0 aliphatic rings. The summed E-state index contributed by atoms with van der Waals surface area (Å²) >= 11 is 0. The van der Waals surface area contributed by atoms with Gasteiger partial charge < -0.3 is 23.4 Å². The lowest BCUT2D eigenvalue weighted by Crippen LogP contribution is -1.98. The minimum absolute atomic E-state index is 0.378. The Morgan fingerprint density at radius 3 is 2.00 bits per heavy atom. The average molecular weight is 318 g/mol. The molecule has 0 fully saturated rings. The van der Waals surface area contributed by atoms with Crippen molar-refractivity contribution in [1.82, 2.24) is 0 Å². The minimum atomic E-state index is -0.478. The van der Waals surface area contributed by atoms with Gasteiger partial charge in [0.05, 0.1) is 34.5 Å². The maximum atomic E-state index is 11.4. The predicted molar refractivity (Wildman–Crippen MR) is 86.6 cm³/mol. The maximum absolute atomic E-state index is 11.4. The number of rotatable bonds is 6. The fourth-order valence-electron chi connectivity index (χ4n) is 2.05. The van der Waals surface area contributed by atoms with Crippen LogP contribution in [0, 0.1) is 0 Å². The lowest BCUT2D eigenvalue weighted by atomic mass is 10.1. The number of ether oxygens (including phenoxy) is 4. The summed E-state index contributed by atoms with van der Waals surface area (Å²) in [5.74, 6) is 2.41. The van der Waals surface area contributed by atoms with Crippen molar-refractivity contribution >= 4 is 12.2 Å². The van der Waals surface area contributed by atoms with Crippen molar-refractivity contribution in [2.75, 3.05) is 28.4 Å². The molecule has 0 N–H and O–H groups in total. The molecule has 1 aromatic heterocycles. The van der Waals surface area contributed by atoms with Gasteiger partial charge in [-0.3, -0.25) is 0 Å². The predicted octanol–water partition coefficient (Wildman–Crippen LogP) is 2.84. The molecule has 6 nitrogen and oxygen atoms in total. The molecule has 2 rings (SSSR count). The summed E-state index contributed by atoms with van der Waals surface area (Å²) in [5.41, 5.74) is 0.318. The Labute approximate surface area is 133 Å². The van der Waals surface area contributed by atoms with Gasteiger partial charge in [-0.2, -0.15) is 0 Å². The molecule has 0 aliphatic heterocycles. The Hall–Kier alpha value is -2.89. The highest BCUT2D eigenvalue weighted by atomic mass is 16.5. The molecule has 1 aromatic carbocycles. The fourth-order valence-corrected chi connectivity index (χ4v) is 2.05. The molecule has 2 aromatic rings. The first-order chi connectivity index (χ1) is 11.1. The van der Waals surface area contributed by atoms with Gasteiger partial charge in [0.2, 0.25) is 5.75 Å². The monoisotopic (exact) mass is 318 g/mol. The Morgan fingerprint density at radius 1 is 0.826 bits per heavy atom. The number of benzene rings is 1. The molecular formula is C17H18O6. The van der Waals surface area contributed by atoms with Crippen molar-refractivity contribution in [2.45, 2.75) is 0 Å². The van der Waals surface area contributed by atoms with E-state index in [-0.39, 0.29) is 0 Å². The summed E-state index contributed by atoms with van der Waals surface area (Å²) in [6.07, 6.45) is 3.42. The van der Waals surface area contributed by atoms with Crippen molar-refractivity contribution in [2.24, 2.45) is 0 Å². The van der Waals surface area contributed by atoms with Crippen LogP contribution in [0.4, 0.5) is 0 Å². The van der Waals surface area contributed by atoms with Crippen LogP contribution in [0.15, 0.2) is 33.5 Å². The van der Waals surface area contributed by atoms with Gasteiger partial charge in [0.25, 0.3) is 0 Å². The van der Waals surface area contributed by atoms with Crippen molar-refractivity contribution < 1.29 is 23.4 Å². The summed E-state index contributed by atoms with van der Waals surface area (Å²) in [6, 6.07) is 6.47. The zero-order chi connectivity index (χ0) is 16.8. The molecule has 0 atom stereocenters. The van der Waals surface area contributed by atoms with Crippen LogP contribution >= 0.6 is 0 Å². The number of methoxy groups -OCH3 is 4. The van der Waals surface area contributed by atoms with Gasteiger partial charge >= 0.3 is 5.63 Å². The molecule has 0 bridgehead atoms. The van der Waals surface area contributed by atoms with Gasteiger partial charge in [0, 0.05) is 6.07 Å². The molecule has 23 heavy (non-hydrogen) atoms. The van der Waals surface area contributed by atoms with Crippen molar-refractivity contribution in [3.8, 4) is 23.0 Å². The van der Waals surface area contributed by atoms with Gasteiger partial charge in [0.1, 0.15) is 11.5 Å². The Balaban J connectivity index is 2.39. The summed E-state index contributed by atoms with van der Waals surface area (Å²) in [4.78, 5) is 11.4. The third-order valence-corrected chi connectivity index (χ3v) is 3.13. The highest BCUT2D eigenvalue weighted by molar-refractivity contribution is 5.71. The van der Waals surface area contributed by atoms with Gasteiger partial charge in [-0.25, -0.2) is 4.79 Å². The van der Waals surface area contributed by atoms with Gasteiger partial charge in [-0.1, -0.05) is 6.08 Å². The molecule has 6 heteroatoms. The van der Waals surface area contributed by atoms with E-state index in [0.717, 1.165) is 5.56 Å². The summed E-state index contributed by atoms with van der Waals surface area (Å²) in [5, 5.41) is 0. The van der Waals surface area contributed by atoms with E-state index in [1.165, 1.54) is 13.2 Å². The van der Waals surface area contributed by atoms with Crippen LogP contribution < -0.4 is 24.6 Å². The molecular weight excluding hydrogens is 300 g/mol. The normalized spacial score (nSPS) is 10.6. The van der Waals surface area contributed by atoms with E-state index in [4.69, 9.17) is 23.4 Å². The smallest absolute Gasteiger partial charge is 0.339 e. The van der Waals surface area contributed by atoms with Crippen LogP contribution in [-0.4, -0.2) is 28.4 Å². The first-order valence-corrected chi connectivity index (χ1v) is 6.78. The zero-order valence-corrected chi connectivity index (χ0v) is 13.4. The van der Waals surface area contributed by atoms with Crippen LogP contribution in [0.5, 0.6) is 23.0 Å². The van der Waals surface area contributed by atoms with E-state index in [1.54, 1.807) is 51.7 Å². The van der Waals surface area contributed by atoms with E-state index < -0.39 is 5.63 Å². The molecule has 0 saturated carbocycles. The molecule has 122 valence electrons. The maximum Gasteiger partial charge on any atom is 0.339 e. The standard InChI is InChI=1S/C17H18O6/c1-19-13-9-12(23-16(18)10-13)6-5-11-7-14(20-2)17(22-4)15(8-11)21-3/h5-10H,1-4H3/b6-5+. The van der Waals surface area contributed by atoms with E-state index >= 15 is 0 Å². The second kappa shape index (κ2) is 7.40. The summed E-state index contributed by atoms with van der Waals surface area (Å²) in [7, 11) is 6.13. The molecule has 0 aliphatic carbocycles. The van der Waals surface area contributed by atoms with E-state index in [9.17, 15) is 4.79 Å². The van der Waals surface area contributed by atoms with E-state index in [2.05, 4.69) is 0 Å². The lowest BCUT2D eigenvalue weighted by molar-refractivity contribution is 0.324. The molecule has 0 unspecified atom stereocenters. The van der Waals surface area contributed by atoms with Crippen LogP contribution in [0.3, 0.4) is 0 Å². The first-order valence-electron chi connectivity index (χ1n) is 6.78. The number of hydrogen-bond donors (Lipinski definition) is 0. The Morgan fingerprint density at radius 2 is 1.48 bits per heavy atom. The zero-order valence-electron chi connectivity index (χ0n) is 13.4. The van der Waals surface area contributed by atoms with E-state index in [0.29, 0.717) is 28.8 Å². The third-order valence-electron chi connectivity index (χ3n) is 3.13. The quantitative estimate of drug-likeness (QED) is 0.816. The van der Waals surface area contributed by atoms with E-state index in [1.807, 2.05) is 0 Å². The SMILES string of the molecule is COc1cc(/C=C/c2cc(OC)c(OC)c(OC)c2)oc(=O)c1. The fraction of sp³-hybridized carbons (Fsp3) is 0.235. The summed E-state index contributed by atoms with van der Waals surface area (Å²) in [6.45, 7) is 0. The number of hydrogen-bond acceptors (Lipinski definition) is 6. The summed E-state index contributed by atoms with van der Waals surface area (Å²) < 4.78 is 26.0. The third kappa shape index (κ3) is 3.85. The second-order valence-electron chi connectivity index (χ2n) is 4.51. The van der Waals surface area contributed by atoms with Gasteiger partial charge in [0.15, 0.2) is 11.5 Å². The van der Waals surface area contributed by atoms with Crippen LogP contribution in [0.2, 0.25) is 0 Å². The first kappa shape index (κ1) is 16.5. The van der Waals surface area contributed by atoms with Crippen molar-refractivity contribution in [3.63, 3.8) is 0 Å².